The maximum atomic E-state index is 5.50. The number of rotatable bonds is 6. The first kappa shape index (κ1) is 16.2. The summed E-state index contributed by atoms with van der Waals surface area (Å²) in [6.07, 6.45) is 1.22. The molecule has 0 aromatic rings. The summed E-state index contributed by atoms with van der Waals surface area (Å²) in [5.41, 5.74) is 0. The summed E-state index contributed by atoms with van der Waals surface area (Å²) in [6.45, 7) is 14.9. The molecule has 20 heavy (non-hydrogen) atoms. The van der Waals surface area contributed by atoms with Crippen molar-refractivity contribution >= 4 is 0 Å². The minimum Gasteiger partial charge on any atom is -0.381 e. The molecule has 4 heteroatoms. The lowest BCUT2D eigenvalue weighted by molar-refractivity contribution is 0.0845. The Morgan fingerprint density at radius 2 is 1.85 bits per heavy atom. The second-order valence-corrected chi connectivity index (χ2v) is 6.97. The molecule has 2 heterocycles. The molecule has 0 amide bonds. The number of hydrogen-bond donors (Lipinski definition) is 1. The van der Waals surface area contributed by atoms with Crippen LogP contribution in [0.15, 0.2) is 0 Å². The van der Waals surface area contributed by atoms with Crippen molar-refractivity contribution in [3.8, 4) is 0 Å². The Bertz CT molecular complexity index is 271. The second-order valence-electron chi connectivity index (χ2n) is 6.97. The summed E-state index contributed by atoms with van der Waals surface area (Å²) in [7, 11) is 2.22. The van der Waals surface area contributed by atoms with E-state index in [1.807, 2.05) is 0 Å². The summed E-state index contributed by atoms with van der Waals surface area (Å²) in [5.74, 6) is 1.41. The average molecular weight is 283 g/mol. The monoisotopic (exact) mass is 283 g/mol. The van der Waals surface area contributed by atoms with E-state index in [0.717, 1.165) is 19.8 Å². The summed E-state index contributed by atoms with van der Waals surface area (Å²) in [6, 6.07) is 1.24. The molecule has 2 aliphatic heterocycles. The second kappa shape index (κ2) is 7.74. The van der Waals surface area contributed by atoms with E-state index in [-0.39, 0.29) is 0 Å². The lowest BCUT2D eigenvalue weighted by atomic mass is 9.98. The van der Waals surface area contributed by atoms with Gasteiger partial charge in [-0.1, -0.05) is 13.8 Å². The van der Waals surface area contributed by atoms with Crippen LogP contribution in [-0.2, 0) is 4.74 Å². The van der Waals surface area contributed by atoms with Gasteiger partial charge in [0.15, 0.2) is 0 Å². The highest BCUT2D eigenvalue weighted by Crippen LogP contribution is 2.18. The van der Waals surface area contributed by atoms with Gasteiger partial charge in [0.1, 0.15) is 0 Å². The molecule has 3 unspecified atom stereocenters. The minimum absolute atomic E-state index is 0.575. The Hall–Kier alpha value is -0.160. The smallest absolute Gasteiger partial charge is 0.0509 e. The molecule has 0 aliphatic carbocycles. The highest BCUT2D eigenvalue weighted by molar-refractivity contribution is 4.84. The molecule has 0 aromatic carbocycles. The van der Waals surface area contributed by atoms with Crippen LogP contribution in [0.5, 0.6) is 0 Å². The first-order valence-corrected chi connectivity index (χ1v) is 8.31. The number of nitrogens with one attached hydrogen (secondary N) is 1. The number of nitrogens with zero attached hydrogens (tertiary/aromatic N) is 2. The zero-order chi connectivity index (χ0) is 14.5. The maximum absolute atomic E-state index is 5.50. The van der Waals surface area contributed by atoms with E-state index in [1.54, 1.807) is 0 Å². The van der Waals surface area contributed by atoms with Crippen molar-refractivity contribution < 1.29 is 4.74 Å². The molecule has 2 fully saturated rings. The predicted molar refractivity (Wildman–Crippen MR) is 84.1 cm³/mol. The highest BCUT2D eigenvalue weighted by Gasteiger charge is 2.27. The van der Waals surface area contributed by atoms with Crippen LogP contribution in [0.1, 0.15) is 27.2 Å². The van der Waals surface area contributed by atoms with Gasteiger partial charge >= 0.3 is 0 Å². The first-order valence-electron chi connectivity index (χ1n) is 8.31. The Morgan fingerprint density at radius 1 is 1.15 bits per heavy atom. The van der Waals surface area contributed by atoms with Crippen LogP contribution in [0.2, 0.25) is 0 Å². The largest absolute Gasteiger partial charge is 0.381 e. The third-order valence-electron chi connectivity index (χ3n) is 5.10. The summed E-state index contributed by atoms with van der Waals surface area (Å²) < 4.78 is 5.50. The van der Waals surface area contributed by atoms with Crippen LogP contribution in [0.25, 0.3) is 0 Å². The number of ether oxygens (including phenoxy) is 1. The van der Waals surface area contributed by atoms with Gasteiger partial charge in [0.25, 0.3) is 0 Å². The molecule has 4 nitrogen and oxygen atoms in total. The van der Waals surface area contributed by atoms with Crippen molar-refractivity contribution in [3.63, 3.8) is 0 Å². The van der Waals surface area contributed by atoms with Crippen molar-refractivity contribution in [2.24, 2.45) is 11.8 Å². The molecule has 2 saturated heterocycles. The van der Waals surface area contributed by atoms with Crippen molar-refractivity contribution in [1.82, 2.24) is 15.1 Å². The normalized spacial score (nSPS) is 28.9. The molecule has 1 N–H and O–H groups in total. The van der Waals surface area contributed by atoms with Crippen molar-refractivity contribution in [3.05, 3.63) is 0 Å². The third kappa shape index (κ3) is 4.42. The van der Waals surface area contributed by atoms with Gasteiger partial charge in [0.05, 0.1) is 6.61 Å². The summed E-state index contributed by atoms with van der Waals surface area (Å²) >= 11 is 0. The molecule has 0 bridgehead atoms. The van der Waals surface area contributed by atoms with Crippen molar-refractivity contribution in [2.45, 2.75) is 39.3 Å². The zero-order valence-electron chi connectivity index (χ0n) is 13.8. The minimum atomic E-state index is 0.575. The lowest BCUT2D eigenvalue weighted by Crippen LogP contribution is -2.54. The average Bonchev–Trinajstić information content (AvgIpc) is 2.94. The molecule has 0 radical (unpaired) electrons. The van der Waals surface area contributed by atoms with Gasteiger partial charge in [0.2, 0.25) is 0 Å². The maximum Gasteiger partial charge on any atom is 0.0509 e. The number of hydrogen-bond acceptors (Lipinski definition) is 4. The molecule has 3 atom stereocenters. The van der Waals surface area contributed by atoms with Gasteiger partial charge in [-0.25, -0.2) is 0 Å². The molecule has 118 valence electrons. The SMILES string of the molecule is CC(C)C(CNC(C)C1CCOC1)N1CCN(C)CC1. The van der Waals surface area contributed by atoms with Crippen LogP contribution in [-0.4, -0.2) is 74.9 Å². The molecular weight excluding hydrogens is 250 g/mol. The van der Waals surface area contributed by atoms with E-state index >= 15 is 0 Å². The fourth-order valence-electron chi connectivity index (χ4n) is 3.36. The number of piperazine rings is 1. The fourth-order valence-corrected chi connectivity index (χ4v) is 3.36. The Balaban J connectivity index is 1.79. The van der Waals surface area contributed by atoms with Crippen LogP contribution < -0.4 is 5.32 Å². The number of likely N-dealkylation sites (N-methyl/N-ethyl adjacent to an activating group) is 1. The quantitative estimate of drug-likeness (QED) is 0.794. The van der Waals surface area contributed by atoms with E-state index < -0.39 is 0 Å². The topological polar surface area (TPSA) is 27.7 Å². The standard InChI is InChI=1S/C16H33N3O/c1-13(2)16(19-8-6-18(4)7-9-19)11-17-14(3)15-5-10-20-12-15/h13-17H,5-12H2,1-4H3. The van der Waals surface area contributed by atoms with E-state index in [9.17, 15) is 0 Å². The van der Waals surface area contributed by atoms with Gasteiger partial charge < -0.3 is 15.0 Å². The van der Waals surface area contributed by atoms with E-state index in [1.165, 1.54) is 32.6 Å². The zero-order valence-corrected chi connectivity index (χ0v) is 13.8. The first-order chi connectivity index (χ1) is 9.58. The predicted octanol–water partition coefficient (Wildman–Crippen LogP) is 1.27. The van der Waals surface area contributed by atoms with Gasteiger partial charge in [-0.3, -0.25) is 4.90 Å². The van der Waals surface area contributed by atoms with Crippen molar-refractivity contribution in [1.29, 1.82) is 0 Å². The molecule has 0 aromatic heterocycles. The van der Waals surface area contributed by atoms with E-state index in [2.05, 4.69) is 42.9 Å². The van der Waals surface area contributed by atoms with Crippen LogP contribution in [0.4, 0.5) is 0 Å². The van der Waals surface area contributed by atoms with Gasteiger partial charge in [-0.05, 0) is 32.2 Å². The van der Waals surface area contributed by atoms with Gasteiger partial charge in [-0.2, -0.15) is 0 Å². The Morgan fingerprint density at radius 3 is 2.40 bits per heavy atom. The van der Waals surface area contributed by atoms with Gasteiger partial charge in [0, 0.05) is 51.4 Å². The van der Waals surface area contributed by atoms with Crippen LogP contribution in [0.3, 0.4) is 0 Å². The molecule has 0 saturated carbocycles. The van der Waals surface area contributed by atoms with Crippen LogP contribution in [0, 0.1) is 11.8 Å². The summed E-state index contributed by atoms with van der Waals surface area (Å²) in [4.78, 5) is 5.11. The Kier molecular flexibility index (Phi) is 6.27. The van der Waals surface area contributed by atoms with Gasteiger partial charge in [-0.15, -0.1) is 0 Å². The van der Waals surface area contributed by atoms with Crippen LogP contribution >= 0.6 is 0 Å². The fraction of sp³-hybridized carbons (Fsp3) is 1.00. The van der Waals surface area contributed by atoms with E-state index in [4.69, 9.17) is 4.74 Å². The molecule has 2 aliphatic rings. The Labute approximate surface area is 124 Å². The van der Waals surface area contributed by atoms with E-state index in [0.29, 0.717) is 23.9 Å². The molecular formula is C16H33N3O. The molecule has 2 rings (SSSR count). The third-order valence-corrected chi connectivity index (χ3v) is 5.10. The lowest BCUT2D eigenvalue weighted by Gasteiger charge is -2.40. The summed E-state index contributed by atoms with van der Waals surface area (Å²) in [5, 5.41) is 3.78. The highest BCUT2D eigenvalue weighted by atomic mass is 16.5. The van der Waals surface area contributed by atoms with Crippen molar-refractivity contribution in [2.75, 3.05) is 53.0 Å². The molecule has 0 spiro atoms.